The van der Waals surface area contributed by atoms with Gasteiger partial charge in [-0.05, 0) is 38.8 Å². The van der Waals surface area contributed by atoms with Crippen LogP contribution >= 0.6 is 0 Å². The van der Waals surface area contributed by atoms with Crippen molar-refractivity contribution >= 4 is 5.95 Å². The Labute approximate surface area is 97.1 Å². The number of rotatable bonds is 4. The average Bonchev–Trinajstić information content (AvgIpc) is 2.80. The van der Waals surface area contributed by atoms with Crippen LogP contribution in [0.4, 0.5) is 5.95 Å². The minimum absolute atomic E-state index is 0.602. The second-order valence-corrected chi connectivity index (χ2v) is 4.39. The van der Waals surface area contributed by atoms with Crippen molar-refractivity contribution in [1.82, 2.24) is 15.3 Å². The molecule has 1 saturated heterocycles. The number of aromatic nitrogens is 2. The van der Waals surface area contributed by atoms with Crippen LogP contribution in [0, 0.1) is 6.92 Å². The van der Waals surface area contributed by atoms with Crippen LogP contribution in [0.25, 0.3) is 0 Å². The van der Waals surface area contributed by atoms with E-state index in [-0.39, 0.29) is 0 Å². The van der Waals surface area contributed by atoms with Gasteiger partial charge in [0, 0.05) is 31.5 Å². The van der Waals surface area contributed by atoms with Crippen LogP contribution < -0.4 is 10.2 Å². The number of aryl methyl sites for hydroxylation is 1. The molecule has 1 aliphatic rings. The van der Waals surface area contributed by atoms with Crippen molar-refractivity contribution in [1.29, 1.82) is 0 Å². The fraction of sp³-hybridized carbons (Fsp3) is 0.667. The molecule has 88 valence electrons. The Balaban J connectivity index is 2.00. The second-order valence-electron chi connectivity index (χ2n) is 4.39. The highest BCUT2D eigenvalue weighted by atomic mass is 15.3. The highest BCUT2D eigenvalue weighted by Crippen LogP contribution is 2.11. The molecular weight excluding hydrogens is 200 g/mol. The molecule has 0 aliphatic carbocycles. The van der Waals surface area contributed by atoms with Crippen LogP contribution in [-0.2, 0) is 0 Å². The first-order chi connectivity index (χ1) is 7.79. The third kappa shape index (κ3) is 2.70. The summed E-state index contributed by atoms with van der Waals surface area (Å²) >= 11 is 0. The number of hydrogen-bond donors (Lipinski definition) is 1. The summed E-state index contributed by atoms with van der Waals surface area (Å²) in [5.74, 6) is 0.849. The van der Waals surface area contributed by atoms with Crippen LogP contribution in [-0.4, -0.2) is 35.6 Å². The summed E-state index contributed by atoms with van der Waals surface area (Å²) in [6.45, 7) is 7.29. The van der Waals surface area contributed by atoms with Crippen molar-refractivity contribution in [2.75, 3.05) is 24.5 Å². The van der Waals surface area contributed by atoms with Gasteiger partial charge in [0.05, 0.1) is 0 Å². The van der Waals surface area contributed by atoms with Gasteiger partial charge >= 0.3 is 0 Å². The van der Waals surface area contributed by atoms with Crippen LogP contribution in [0.15, 0.2) is 12.4 Å². The molecule has 0 amide bonds. The van der Waals surface area contributed by atoms with E-state index in [1.165, 1.54) is 12.8 Å². The molecule has 1 aromatic heterocycles. The predicted octanol–water partition coefficient (Wildman–Crippen LogP) is 1.36. The Morgan fingerprint density at radius 1 is 1.44 bits per heavy atom. The molecule has 0 bridgehead atoms. The van der Waals surface area contributed by atoms with Crippen molar-refractivity contribution in [3.63, 3.8) is 0 Å². The van der Waals surface area contributed by atoms with Gasteiger partial charge in [-0.25, -0.2) is 9.97 Å². The fourth-order valence-electron chi connectivity index (χ4n) is 2.08. The summed E-state index contributed by atoms with van der Waals surface area (Å²) in [5.41, 5.74) is 1.11. The van der Waals surface area contributed by atoms with Gasteiger partial charge in [0.1, 0.15) is 0 Å². The Morgan fingerprint density at radius 3 is 2.75 bits per heavy atom. The lowest BCUT2D eigenvalue weighted by Crippen LogP contribution is -2.38. The Bertz CT molecular complexity index is 316. The highest BCUT2D eigenvalue weighted by molar-refractivity contribution is 5.29. The summed E-state index contributed by atoms with van der Waals surface area (Å²) in [7, 11) is 0. The summed E-state index contributed by atoms with van der Waals surface area (Å²) in [5, 5.41) is 3.51. The smallest absolute Gasteiger partial charge is 0.225 e. The van der Waals surface area contributed by atoms with E-state index in [0.717, 1.165) is 31.1 Å². The predicted molar refractivity (Wildman–Crippen MR) is 65.7 cm³/mol. The van der Waals surface area contributed by atoms with Crippen LogP contribution in [0.5, 0.6) is 0 Å². The largest absolute Gasteiger partial charge is 0.340 e. The maximum Gasteiger partial charge on any atom is 0.225 e. The third-order valence-corrected chi connectivity index (χ3v) is 3.04. The van der Waals surface area contributed by atoms with Crippen molar-refractivity contribution in [2.45, 2.75) is 32.7 Å². The minimum atomic E-state index is 0.602. The average molecular weight is 220 g/mol. The summed E-state index contributed by atoms with van der Waals surface area (Å²) in [6.07, 6.45) is 6.32. The van der Waals surface area contributed by atoms with Gasteiger partial charge in [-0.15, -0.1) is 0 Å². The second kappa shape index (κ2) is 5.25. The third-order valence-electron chi connectivity index (χ3n) is 3.04. The first-order valence-electron chi connectivity index (χ1n) is 6.06. The molecule has 2 heterocycles. The summed E-state index contributed by atoms with van der Waals surface area (Å²) < 4.78 is 0. The van der Waals surface area contributed by atoms with Crippen molar-refractivity contribution in [3.05, 3.63) is 18.0 Å². The summed E-state index contributed by atoms with van der Waals surface area (Å²) in [6, 6.07) is 0.602. The van der Waals surface area contributed by atoms with E-state index >= 15 is 0 Å². The molecule has 0 aromatic carbocycles. The van der Waals surface area contributed by atoms with Gasteiger partial charge in [0.15, 0.2) is 0 Å². The Morgan fingerprint density at radius 2 is 2.19 bits per heavy atom. The molecule has 16 heavy (non-hydrogen) atoms. The molecule has 1 fully saturated rings. The molecule has 1 aliphatic heterocycles. The standard InChI is InChI=1S/C12H20N4/c1-3-16(9-11-5-4-6-13-11)12-14-7-10(2)8-15-12/h7-8,11,13H,3-6,9H2,1-2H3. The quantitative estimate of drug-likeness (QED) is 0.832. The van der Waals surface area contributed by atoms with E-state index < -0.39 is 0 Å². The van der Waals surface area contributed by atoms with E-state index in [1.807, 2.05) is 19.3 Å². The lowest BCUT2D eigenvalue weighted by Gasteiger charge is -2.24. The zero-order valence-corrected chi connectivity index (χ0v) is 10.1. The maximum atomic E-state index is 4.38. The number of hydrogen-bond acceptors (Lipinski definition) is 4. The van der Waals surface area contributed by atoms with Crippen LogP contribution in [0.2, 0.25) is 0 Å². The fourth-order valence-corrected chi connectivity index (χ4v) is 2.08. The number of anilines is 1. The molecule has 1 aromatic rings. The maximum absolute atomic E-state index is 4.38. The lowest BCUT2D eigenvalue weighted by atomic mass is 10.2. The molecule has 4 nitrogen and oxygen atoms in total. The normalized spacial score (nSPS) is 20.0. The zero-order valence-electron chi connectivity index (χ0n) is 10.1. The number of nitrogens with zero attached hydrogens (tertiary/aromatic N) is 3. The molecule has 0 radical (unpaired) electrons. The topological polar surface area (TPSA) is 41.0 Å². The van der Waals surface area contributed by atoms with Crippen LogP contribution in [0.1, 0.15) is 25.3 Å². The van der Waals surface area contributed by atoms with E-state index in [2.05, 4.69) is 27.1 Å². The minimum Gasteiger partial charge on any atom is -0.340 e. The first kappa shape index (κ1) is 11.3. The van der Waals surface area contributed by atoms with Crippen molar-refractivity contribution in [2.24, 2.45) is 0 Å². The Hall–Kier alpha value is -1.16. The Kier molecular flexibility index (Phi) is 3.72. The SMILES string of the molecule is CCN(CC1CCCN1)c1ncc(C)cn1. The van der Waals surface area contributed by atoms with E-state index in [4.69, 9.17) is 0 Å². The van der Waals surface area contributed by atoms with E-state index in [1.54, 1.807) is 0 Å². The van der Waals surface area contributed by atoms with Gasteiger partial charge in [-0.1, -0.05) is 0 Å². The molecule has 1 atom stereocenters. The molecule has 0 spiro atoms. The highest BCUT2D eigenvalue weighted by Gasteiger charge is 2.18. The summed E-state index contributed by atoms with van der Waals surface area (Å²) in [4.78, 5) is 11.0. The number of likely N-dealkylation sites (N-methyl/N-ethyl adjacent to an activating group) is 1. The molecule has 1 unspecified atom stereocenters. The molecule has 2 rings (SSSR count). The monoisotopic (exact) mass is 220 g/mol. The van der Waals surface area contributed by atoms with Gasteiger partial charge in [-0.3, -0.25) is 0 Å². The molecule has 0 saturated carbocycles. The first-order valence-corrected chi connectivity index (χ1v) is 6.06. The van der Waals surface area contributed by atoms with Gasteiger partial charge in [0.2, 0.25) is 5.95 Å². The van der Waals surface area contributed by atoms with Crippen LogP contribution in [0.3, 0.4) is 0 Å². The molecular formula is C12H20N4. The molecule has 4 heteroatoms. The van der Waals surface area contributed by atoms with Gasteiger partial charge < -0.3 is 10.2 Å². The van der Waals surface area contributed by atoms with Crippen molar-refractivity contribution in [3.8, 4) is 0 Å². The molecule has 1 N–H and O–H groups in total. The lowest BCUT2D eigenvalue weighted by molar-refractivity contribution is 0.580. The van der Waals surface area contributed by atoms with E-state index in [9.17, 15) is 0 Å². The zero-order chi connectivity index (χ0) is 11.4. The van der Waals surface area contributed by atoms with Gasteiger partial charge in [-0.2, -0.15) is 0 Å². The van der Waals surface area contributed by atoms with E-state index in [0.29, 0.717) is 6.04 Å². The number of nitrogens with one attached hydrogen (secondary N) is 1. The van der Waals surface area contributed by atoms with Gasteiger partial charge in [0.25, 0.3) is 0 Å². The van der Waals surface area contributed by atoms with Crippen molar-refractivity contribution < 1.29 is 0 Å².